The van der Waals surface area contributed by atoms with Gasteiger partial charge in [0, 0.05) is 25.7 Å². The third-order valence-electron chi connectivity index (χ3n) is 16.2. The largest absolute Gasteiger partial charge is 0.300 e. The predicted octanol–water partition coefficient (Wildman–Crippen LogP) is 24.5. The van der Waals surface area contributed by atoms with Crippen molar-refractivity contribution in [1.29, 1.82) is 0 Å². The highest BCUT2D eigenvalue weighted by molar-refractivity contribution is 6.02. The molecule has 1 atom stereocenters. The fraction of sp³-hybridized carbons (Fsp3) is 0.900. The predicted molar refractivity (Wildman–Crippen MR) is 326 cm³/mol. The van der Waals surface area contributed by atoms with Crippen molar-refractivity contribution in [3.05, 3.63) is 24.3 Å². The maximum atomic E-state index is 13.5. The average molecular weight is 1020 g/mol. The SMILES string of the molecule is CCCCCCCCC=CCCCCCCCC(=O)CCCCCCCCCCCCCCCCCC(C(=O)CCCCCCCC=CCCCCCCCC)C(=O)CCCCCCCCCCCCCCC. The summed E-state index contributed by atoms with van der Waals surface area (Å²) in [6, 6.07) is 0. The van der Waals surface area contributed by atoms with Crippen molar-refractivity contribution in [3.63, 3.8) is 0 Å². The second-order valence-corrected chi connectivity index (χ2v) is 23.5. The Morgan fingerprint density at radius 2 is 0.425 bits per heavy atom. The van der Waals surface area contributed by atoms with Crippen molar-refractivity contribution >= 4 is 17.3 Å². The summed E-state index contributed by atoms with van der Waals surface area (Å²) in [4.78, 5) is 39.4. The van der Waals surface area contributed by atoms with Gasteiger partial charge in [-0.05, 0) is 83.5 Å². The van der Waals surface area contributed by atoms with Crippen LogP contribution in [0.3, 0.4) is 0 Å². The molecule has 0 aromatic carbocycles. The van der Waals surface area contributed by atoms with Crippen LogP contribution in [0, 0.1) is 5.92 Å². The Morgan fingerprint density at radius 3 is 0.671 bits per heavy atom. The zero-order valence-corrected chi connectivity index (χ0v) is 50.3. The second-order valence-electron chi connectivity index (χ2n) is 23.5. The molecule has 0 saturated heterocycles. The highest BCUT2D eigenvalue weighted by Crippen LogP contribution is 2.22. The minimum absolute atomic E-state index is 0.253. The van der Waals surface area contributed by atoms with Gasteiger partial charge in [-0.2, -0.15) is 0 Å². The van der Waals surface area contributed by atoms with E-state index in [4.69, 9.17) is 0 Å². The average Bonchev–Trinajstić information content (AvgIpc) is 3.39. The molecule has 3 nitrogen and oxygen atoms in total. The maximum Gasteiger partial charge on any atom is 0.143 e. The zero-order chi connectivity index (χ0) is 52.9. The standard InChI is InChI=1S/C70H132O3/c1-4-7-10-13-16-19-22-25-28-33-37-42-47-52-57-62-67(71)63-58-53-48-43-38-34-30-27-31-35-39-44-49-54-59-64-68(69(72)65-60-55-50-45-40-32-24-21-18-15-12-9-6-3)70(73)66-61-56-51-46-41-36-29-26-23-20-17-14-11-8-5-2/h25-26,28-29,68H,4-24,27,30-66H2,1-3H3. The first kappa shape index (κ1) is 71.5. The molecule has 0 heterocycles. The quantitative estimate of drug-likeness (QED) is 0.0347. The van der Waals surface area contributed by atoms with Crippen molar-refractivity contribution in [2.75, 3.05) is 0 Å². The molecule has 0 amide bonds. The fourth-order valence-electron chi connectivity index (χ4n) is 11.0. The second kappa shape index (κ2) is 63.0. The summed E-state index contributed by atoms with van der Waals surface area (Å²) in [6.07, 6.45) is 82.9. The molecule has 0 N–H and O–H groups in total. The zero-order valence-electron chi connectivity index (χ0n) is 50.3. The van der Waals surface area contributed by atoms with Gasteiger partial charge in [-0.3, -0.25) is 14.4 Å². The van der Waals surface area contributed by atoms with E-state index >= 15 is 0 Å². The van der Waals surface area contributed by atoms with Crippen LogP contribution < -0.4 is 0 Å². The number of ketones is 3. The van der Waals surface area contributed by atoms with Crippen LogP contribution in [0.15, 0.2) is 24.3 Å². The Hall–Kier alpha value is -1.51. The van der Waals surface area contributed by atoms with Gasteiger partial charge < -0.3 is 0 Å². The van der Waals surface area contributed by atoms with Crippen LogP contribution in [0.5, 0.6) is 0 Å². The highest BCUT2D eigenvalue weighted by Gasteiger charge is 2.25. The van der Waals surface area contributed by atoms with Crippen molar-refractivity contribution < 1.29 is 14.4 Å². The molecule has 0 aliphatic heterocycles. The van der Waals surface area contributed by atoms with Gasteiger partial charge in [-0.15, -0.1) is 0 Å². The molecule has 0 rings (SSSR count). The molecule has 0 aromatic heterocycles. The van der Waals surface area contributed by atoms with Crippen LogP contribution >= 0.6 is 0 Å². The number of unbranched alkanes of at least 4 members (excludes halogenated alkanes) is 48. The van der Waals surface area contributed by atoms with Gasteiger partial charge in [-0.1, -0.05) is 315 Å². The minimum atomic E-state index is -0.338. The first-order chi connectivity index (χ1) is 36.1. The number of hydrogen-bond acceptors (Lipinski definition) is 3. The van der Waals surface area contributed by atoms with Gasteiger partial charge in [0.25, 0.3) is 0 Å². The fourth-order valence-corrected chi connectivity index (χ4v) is 11.0. The van der Waals surface area contributed by atoms with E-state index in [1.807, 2.05) is 0 Å². The Kier molecular flexibility index (Phi) is 61.7. The summed E-state index contributed by atoms with van der Waals surface area (Å²) in [6.45, 7) is 6.86. The normalized spacial score (nSPS) is 12.3. The van der Waals surface area contributed by atoms with Crippen molar-refractivity contribution in [2.24, 2.45) is 5.92 Å². The van der Waals surface area contributed by atoms with Crippen LogP contribution in [-0.4, -0.2) is 17.3 Å². The lowest BCUT2D eigenvalue weighted by molar-refractivity contribution is -0.133. The van der Waals surface area contributed by atoms with E-state index in [2.05, 4.69) is 45.1 Å². The summed E-state index contributed by atoms with van der Waals surface area (Å²) >= 11 is 0. The van der Waals surface area contributed by atoms with Gasteiger partial charge in [0.05, 0.1) is 5.92 Å². The Bertz CT molecular complexity index is 1170. The summed E-state index contributed by atoms with van der Waals surface area (Å²) in [5, 5.41) is 0. The van der Waals surface area contributed by atoms with E-state index in [1.54, 1.807) is 0 Å². The molecule has 0 fully saturated rings. The number of carbonyl (C=O) groups excluding carboxylic acids is 3. The lowest BCUT2D eigenvalue weighted by Gasteiger charge is -2.15. The Morgan fingerprint density at radius 1 is 0.233 bits per heavy atom. The van der Waals surface area contributed by atoms with Crippen LogP contribution in [-0.2, 0) is 14.4 Å². The molecule has 0 radical (unpaired) electrons. The van der Waals surface area contributed by atoms with Crippen LogP contribution in [0.4, 0.5) is 0 Å². The molecule has 0 saturated carbocycles. The third kappa shape index (κ3) is 58.0. The van der Waals surface area contributed by atoms with Gasteiger partial charge in [0.1, 0.15) is 17.3 Å². The van der Waals surface area contributed by atoms with Gasteiger partial charge >= 0.3 is 0 Å². The molecular formula is C70H132O3. The first-order valence-corrected chi connectivity index (χ1v) is 33.9. The molecular weight excluding hydrogens is 889 g/mol. The van der Waals surface area contributed by atoms with E-state index in [0.717, 1.165) is 70.6 Å². The number of Topliss-reactive ketones (excluding diaryl/α,β-unsaturated/α-hetero) is 3. The molecule has 0 aromatic rings. The monoisotopic (exact) mass is 1020 g/mol. The third-order valence-corrected chi connectivity index (χ3v) is 16.2. The molecule has 1 unspecified atom stereocenters. The van der Waals surface area contributed by atoms with Crippen molar-refractivity contribution in [2.45, 2.75) is 400 Å². The highest BCUT2D eigenvalue weighted by atomic mass is 16.2. The lowest BCUT2D eigenvalue weighted by Crippen LogP contribution is -2.24. The molecule has 73 heavy (non-hydrogen) atoms. The van der Waals surface area contributed by atoms with Crippen LogP contribution in [0.25, 0.3) is 0 Å². The minimum Gasteiger partial charge on any atom is -0.300 e. The van der Waals surface area contributed by atoms with Crippen molar-refractivity contribution in [3.8, 4) is 0 Å². The number of carbonyl (C=O) groups is 3. The first-order valence-electron chi connectivity index (χ1n) is 33.9. The molecule has 0 spiro atoms. The number of hydrogen-bond donors (Lipinski definition) is 0. The summed E-state index contributed by atoms with van der Waals surface area (Å²) in [7, 11) is 0. The van der Waals surface area contributed by atoms with Gasteiger partial charge in [-0.25, -0.2) is 0 Å². The Labute approximate surface area is 459 Å². The number of allylic oxidation sites excluding steroid dienone is 4. The smallest absolute Gasteiger partial charge is 0.143 e. The summed E-state index contributed by atoms with van der Waals surface area (Å²) in [5.74, 6) is 0.671. The maximum absolute atomic E-state index is 13.5. The van der Waals surface area contributed by atoms with Gasteiger partial charge in [0.15, 0.2) is 0 Å². The van der Waals surface area contributed by atoms with Crippen molar-refractivity contribution in [1.82, 2.24) is 0 Å². The lowest BCUT2D eigenvalue weighted by atomic mass is 9.87. The molecule has 430 valence electrons. The number of rotatable bonds is 64. The van der Waals surface area contributed by atoms with Crippen LogP contribution in [0.2, 0.25) is 0 Å². The van der Waals surface area contributed by atoms with E-state index < -0.39 is 0 Å². The van der Waals surface area contributed by atoms with E-state index in [0.29, 0.717) is 18.6 Å². The summed E-state index contributed by atoms with van der Waals surface area (Å²) < 4.78 is 0. The van der Waals surface area contributed by atoms with Crippen LogP contribution in [0.1, 0.15) is 400 Å². The molecule has 3 heteroatoms. The molecule has 0 bridgehead atoms. The molecule has 0 aliphatic rings. The molecule has 0 aliphatic carbocycles. The van der Waals surface area contributed by atoms with E-state index in [-0.39, 0.29) is 17.5 Å². The van der Waals surface area contributed by atoms with E-state index in [9.17, 15) is 14.4 Å². The summed E-state index contributed by atoms with van der Waals surface area (Å²) in [5.41, 5.74) is 0. The Balaban J connectivity index is 4.05. The van der Waals surface area contributed by atoms with Gasteiger partial charge in [0.2, 0.25) is 0 Å². The van der Waals surface area contributed by atoms with E-state index in [1.165, 1.54) is 295 Å². The topological polar surface area (TPSA) is 51.2 Å².